The molecule has 1 amide bonds. The first-order valence-electron chi connectivity index (χ1n) is 8.12. The van der Waals surface area contributed by atoms with Crippen LogP contribution >= 0.6 is 15.9 Å². The van der Waals surface area contributed by atoms with Gasteiger partial charge in [-0.05, 0) is 47.0 Å². The van der Waals surface area contributed by atoms with Gasteiger partial charge >= 0.3 is 0 Å². The highest BCUT2D eigenvalue weighted by molar-refractivity contribution is 9.10. The van der Waals surface area contributed by atoms with Crippen LogP contribution in [0, 0.1) is 11.3 Å². The van der Waals surface area contributed by atoms with Gasteiger partial charge in [-0.2, -0.15) is 5.26 Å². The molecule has 122 valence electrons. The van der Waals surface area contributed by atoms with Crippen molar-refractivity contribution in [1.29, 1.82) is 5.26 Å². The van der Waals surface area contributed by atoms with E-state index >= 15 is 0 Å². The molecule has 0 unspecified atom stereocenters. The molecular formula is C17H21BrN4O. The van der Waals surface area contributed by atoms with E-state index < -0.39 is 0 Å². The lowest BCUT2D eigenvalue weighted by Crippen LogP contribution is -2.50. The van der Waals surface area contributed by atoms with Crippen LogP contribution in [0.1, 0.15) is 18.4 Å². The minimum atomic E-state index is 0.274. The number of hydrogen-bond donors (Lipinski definition) is 0. The minimum Gasteiger partial charge on any atom is -0.368 e. The Balaban J connectivity index is 1.54. The summed E-state index contributed by atoms with van der Waals surface area (Å²) in [5.74, 6) is 0.274. The SMILES string of the molecule is N#Cc1ccc(N2CCN(CC(=O)N3CCCC3)CC2)c(Br)c1. The van der Waals surface area contributed by atoms with Gasteiger partial charge in [-0.15, -0.1) is 0 Å². The van der Waals surface area contributed by atoms with Crippen molar-refractivity contribution in [3.05, 3.63) is 28.2 Å². The van der Waals surface area contributed by atoms with Crippen LogP contribution in [0.5, 0.6) is 0 Å². The first kappa shape index (κ1) is 16.3. The molecule has 0 spiro atoms. The maximum atomic E-state index is 12.2. The zero-order chi connectivity index (χ0) is 16.2. The van der Waals surface area contributed by atoms with E-state index in [1.54, 1.807) is 0 Å². The van der Waals surface area contributed by atoms with Crippen LogP contribution in [0.15, 0.2) is 22.7 Å². The van der Waals surface area contributed by atoms with Gasteiger partial charge in [-0.3, -0.25) is 9.69 Å². The molecule has 0 atom stereocenters. The van der Waals surface area contributed by atoms with Gasteiger partial charge in [-0.1, -0.05) is 0 Å². The highest BCUT2D eigenvalue weighted by atomic mass is 79.9. The summed E-state index contributed by atoms with van der Waals surface area (Å²) in [5.41, 5.74) is 1.78. The quantitative estimate of drug-likeness (QED) is 0.809. The highest BCUT2D eigenvalue weighted by Crippen LogP contribution is 2.28. The number of piperazine rings is 1. The predicted octanol–water partition coefficient (Wildman–Crippen LogP) is 2.07. The van der Waals surface area contributed by atoms with Gasteiger partial charge in [0.1, 0.15) is 0 Å². The number of amides is 1. The van der Waals surface area contributed by atoms with Gasteiger partial charge in [-0.25, -0.2) is 0 Å². The van der Waals surface area contributed by atoms with E-state index in [1.165, 1.54) is 0 Å². The number of benzene rings is 1. The summed E-state index contributed by atoms with van der Waals surface area (Å²) >= 11 is 3.56. The van der Waals surface area contributed by atoms with Gasteiger partial charge in [0.15, 0.2) is 0 Å². The second-order valence-electron chi connectivity index (χ2n) is 6.13. The Morgan fingerprint density at radius 1 is 1.13 bits per heavy atom. The Kier molecular flexibility index (Phi) is 5.19. The van der Waals surface area contributed by atoms with Crippen molar-refractivity contribution >= 4 is 27.5 Å². The normalized spacial score (nSPS) is 19.0. The molecule has 23 heavy (non-hydrogen) atoms. The Morgan fingerprint density at radius 3 is 2.43 bits per heavy atom. The second-order valence-corrected chi connectivity index (χ2v) is 6.98. The molecule has 1 aromatic rings. The molecule has 0 aliphatic carbocycles. The van der Waals surface area contributed by atoms with E-state index in [2.05, 4.69) is 31.8 Å². The Hall–Kier alpha value is -1.58. The number of likely N-dealkylation sites (tertiary alicyclic amines) is 1. The van der Waals surface area contributed by atoms with Gasteiger partial charge in [0.25, 0.3) is 0 Å². The topological polar surface area (TPSA) is 50.6 Å². The molecule has 2 heterocycles. The molecule has 0 saturated carbocycles. The summed E-state index contributed by atoms with van der Waals surface area (Å²) in [7, 11) is 0. The fraction of sp³-hybridized carbons (Fsp3) is 0.529. The first-order valence-corrected chi connectivity index (χ1v) is 8.91. The van der Waals surface area contributed by atoms with Crippen molar-refractivity contribution < 1.29 is 4.79 Å². The summed E-state index contributed by atoms with van der Waals surface area (Å²) < 4.78 is 0.957. The third-order valence-electron chi connectivity index (χ3n) is 4.61. The van der Waals surface area contributed by atoms with Crippen molar-refractivity contribution in [3.8, 4) is 6.07 Å². The highest BCUT2D eigenvalue weighted by Gasteiger charge is 2.24. The van der Waals surface area contributed by atoms with Gasteiger partial charge in [0, 0.05) is 43.7 Å². The van der Waals surface area contributed by atoms with Crippen molar-refractivity contribution in [2.75, 3.05) is 50.7 Å². The molecule has 0 aromatic heterocycles. The number of nitriles is 1. The van der Waals surface area contributed by atoms with E-state index in [4.69, 9.17) is 5.26 Å². The number of carbonyl (C=O) groups is 1. The first-order chi connectivity index (χ1) is 11.2. The average Bonchev–Trinajstić information content (AvgIpc) is 3.10. The number of rotatable bonds is 3. The van der Waals surface area contributed by atoms with Crippen LogP contribution in [0.4, 0.5) is 5.69 Å². The van der Waals surface area contributed by atoms with Gasteiger partial charge < -0.3 is 9.80 Å². The summed E-state index contributed by atoms with van der Waals surface area (Å²) in [6, 6.07) is 7.86. The predicted molar refractivity (Wildman–Crippen MR) is 93.3 cm³/mol. The van der Waals surface area contributed by atoms with Crippen molar-refractivity contribution in [2.24, 2.45) is 0 Å². The van der Waals surface area contributed by atoms with Crippen LogP contribution in [0.25, 0.3) is 0 Å². The lowest BCUT2D eigenvalue weighted by atomic mass is 10.2. The van der Waals surface area contributed by atoms with Crippen LogP contribution in [0.3, 0.4) is 0 Å². The summed E-state index contributed by atoms with van der Waals surface area (Å²) in [5, 5.41) is 8.94. The fourth-order valence-corrected chi connectivity index (χ4v) is 3.87. The number of hydrogen-bond acceptors (Lipinski definition) is 4. The standard InChI is InChI=1S/C17H21BrN4O/c18-15-11-14(12-19)3-4-16(15)21-9-7-20(8-10-21)13-17(23)22-5-1-2-6-22/h3-4,11H,1-2,5-10,13H2. The number of halogens is 1. The maximum absolute atomic E-state index is 12.2. The molecule has 6 heteroatoms. The molecule has 0 radical (unpaired) electrons. The summed E-state index contributed by atoms with van der Waals surface area (Å²) in [4.78, 5) is 18.8. The smallest absolute Gasteiger partial charge is 0.236 e. The molecular weight excluding hydrogens is 356 g/mol. The lowest BCUT2D eigenvalue weighted by Gasteiger charge is -2.36. The summed E-state index contributed by atoms with van der Waals surface area (Å²) in [6.45, 7) is 5.99. The average molecular weight is 377 g/mol. The van der Waals surface area contributed by atoms with Crippen LogP contribution in [-0.4, -0.2) is 61.5 Å². The van der Waals surface area contributed by atoms with Crippen LogP contribution in [0.2, 0.25) is 0 Å². The molecule has 2 fully saturated rings. The molecule has 5 nitrogen and oxygen atoms in total. The zero-order valence-electron chi connectivity index (χ0n) is 13.2. The fourth-order valence-electron chi connectivity index (χ4n) is 3.24. The second kappa shape index (κ2) is 7.33. The Bertz CT molecular complexity index is 614. The van der Waals surface area contributed by atoms with E-state index in [-0.39, 0.29) is 5.91 Å². The molecule has 2 aliphatic heterocycles. The van der Waals surface area contributed by atoms with Gasteiger partial charge in [0.05, 0.1) is 23.9 Å². The third kappa shape index (κ3) is 3.85. The number of carbonyl (C=O) groups excluding carboxylic acids is 1. The van der Waals surface area contributed by atoms with E-state index in [9.17, 15) is 4.79 Å². The number of nitrogens with zero attached hydrogens (tertiary/aromatic N) is 4. The largest absolute Gasteiger partial charge is 0.368 e. The monoisotopic (exact) mass is 376 g/mol. The molecule has 2 saturated heterocycles. The lowest BCUT2D eigenvalue weighted by molar-refractivity contribution is -0.131. The van der Waals surface area contributed by atoms with E-state index in [0.29, 0.717) is 12.1 Å². The van der Waals surface area contributed by atoms with Crippen LogP contribution < -0.4 is 4.90 Å². The van der Waals surface area contributed by atoms with E-state index in [1.807, 2.05) is 23.1 Å². The molecule has 1 aromatic carbocycles. The minimum absolute atomic E-state index is 0.274. The Morgan fingerprint density at radius 2 is 1.83 bits per heavy atom. The van der Waals surface area contributed by atoms with Crippen molar-refractivity contribution in [2.45, 2.75) is 12.8 Å². The van der Waals surface area contributed by atoms with E-state index in [0.717, 1.165) is 62.3 Å². The molecule has 0 bridgehead atoms. The maximum Gasteiger partial charge on any atom is 0.236 e. The van der Waals surface area contributed by atoms with Gasteiger partial charge in [0.2, 0.25) is 5.91 Å². The molecule has 0 N–H and O–H groups in total. The zero-order valence-corrected chi connectivity index (χ0v) is 14.8. The summed E-state index contributed by atoms with van der Waals surface area (Å²) in [6.07, 6.45) is 2.29. The van der Waals surface area contributed by atoms with Crippen molar-refractivity contribution in [3.63, 3.8) is 0 Å². The molecule has 2 aliphatic rings. The Labute approximate surface area is 145 Å². The number of anilines is 1. The van der Waals surface area contributed by atoms with Crippen molar-refractivity contribution in [1.82, 2.24) is 9.80 Å². The molecule has 3 rings (SSSR count). The third-order valence-corrected chi connectivity index (χ3v) is 5.24. The van der Waals surface area contributed by atoms with Crippen LogP contribution in [-0.2, 0) is 4.79 Å².